The molecule has 0 saturated carbocycles. The van der Waals surface area contributed by atoms with Gasteiger partial charge in [-0.25, -0.2) is 8.42 Å². The first kappa shape index (κ1) is 16.1. The van der Waals surface area contributed by atoms with Crippen LogP contribution in [-0.4, -0.2) is 55.5 Å². The third-order valence-electron chi connectivity index (χ3n) is 5.05. The van der Waals surface area contributed by atoms with Crippen molar-refractivity contribution in [2.75, 3.05) is 25.9 Å². The van der Waals surface area contributed by atoms with Gasteiger partial charge in [0.15, 0.2) is 0 Å². The van der Waals surface area contributed by atoms with Gasteiger partial charge in [0.1, 0.15) is 0 Å². The van der Waals surface area contributed by atoms with Gasteiger partial charge in [0.25, 0.3) is 5.91 Å². The summed E-state index contributed by atoms with van der Waals surface area (Å²) in [4.78, 5) is 15.7. The zero-order valence-electron chi connectivity index (χ0n) is 13.5. The van der Waals surface area contributed by atoms with Gasteiger partial charge in [-0.1, -0.05) is 18.2 Å². The van der Waals surface area contributed by atoms with Crippen LogP contribution in [0.1, 0.15) is 22.5 Å². The minimum Gasteiger partial charge on any atom is -0.333 e. The van der Waals surface area contributed by atoms with E-state index in [0.717, 1.165) is 27.8 Å². The summed E-state index contributed by atoms with van der Waals surface area (Å²) in [6.07, 6.45) is 3.14. The molecule has 2 bridgehead atoms. The van der Waals surface area contributed by atoms with Crippen molar-refractivity contribution in [2.24, 2.45) is 5.92 Å². The van der Waals surface area contributed by atoms with E-state index in [4.69, 9.17) is 0 Å². The number of thiophene rings is 1. The molecule has 1 aromatic carbocycles. The van der Waals surface area contributed by atoms with Gasteiger partial charge in [-0.15, -0.1) is 11.3 Å². The summed E-state index contributed by atoms with van der Waals surface area (Å²) in [6, 6.07) is 9.93. The Balaban J connectivity index is 1.63. The third-order valence-corrected chi connectivity index (χ3v) is 7.39. The molecule has 0 spiro atoms. The summed E-state index contributed by atoms with van der Waals surface area (Å²) in [7, 11) is -3.21. The molecule has 3 fully saturated rings. The second kappa shape index (κ2) is 5.82. The minimum absolute atomic E-state index is 0.0174. The first-order valence-corrected chi connectivity index (χ1v) is 10.8. The Hall–Kier alpha value is -1.44. The Morgan fingerprint density at radius 3 is 2.71 bits per heavy atom. The van der Waals surface area contributed by atoms with Crippen molar-refractivity contribution in [1.82, 2.24) is 9.21 Å². The number of carbonyl (C=O) groups is 1. The van der Waals surface area contributed by atoms with Crippen molar-refractivity contribution in [3.05, 3.63) is 35.2 Å². The van der Waals surface area contributed by atoms with Crippen molar-refractivity contribution in [1.29, 1.82) is 0 Å². The zero-order valence-corrected chi connectivity index (χ0v) is 15.1. The monoisotopic (exact) mass is 364 g/mol. The first-order chi connectivity index (χ1) is 11.4. The van der Waals surface area contributed by atoms with Crippen LogP contribution in [0.3, 0.4) is 0 Å². The highest BCUT2D eigenvalue weighted by molar-refractivity contribution is 7.88. The number of benzene rings is 1. The van der Waals surface area contributed by atoms with Crippen LogP contribution in [0.15, 0.2) is 30.3 Å². The lowest BCUT2D eigenvalue weighted by atomic mass is 9.95. The Morgan fingerprint density at radius 2 is 1.96 bits per heavy atom. The second-order valence-corrected chi connectivity index (χ2v) is 9.85. The van der Waals surface area contributed by atoms with E-state index in [0.29, 0.717) is 19.6 Å². The maximum absolute atomic E-state index is 13.0. The fourth-order valence-electron chi connectivity index (χ4n) is 3.79. The predicted molar refractivity (Wildman–Crippen MR) is 95.8 cm³/mol. The number of nitrogens with zero attached hydrogens (tertiary/aromatic N) is 2. The number of hydrogen-bond acceptors (Lipinski definition) is 4. The molecule has 3 saturated heterocycles. The number of amides is 1. The number of piperidine rings is 1. The molecular formula is C17H20N2O3S2. The van der Waals surface area contributed by atoms with Gasteiger partial charge in [0.05, 0.1) is 11.1 Å². The number of fused-ring (bicyclic) bond motifs is 5. The molecule has 4 heterocycles. The molecule has 2 atom stereocenters. The second-order valence-electron chi connectivity index (χ2n) is 6.78. The van der Waals surface area contributed by atoms with Gasteiger partial charge in [-0.05, 0) is 36.3 Å². The van der Waals surface area contributed by atoms with E-state index in [9.17, 15) is 13.2 Å². The molecule has 0 radical (unpaired) electrons. The average molecular weight is 364 g/mol. The fourth-order valence-corrected chi connectivity index (χ4v) is 5.73. The molecule has 0 aliphatic carbocycles. The van der Waals surface area contributed by atoms with Crippen LogP contribution in [-0.2, 0) is 10.0 Å². The van der Waals surface area contributed by atoms with Crippen molar-refractivity contribution < 1.29 is 13.2 Å². The zero-order chi connectivity index (χ0) is 16.9. The maximum Gasteiger partial charge on any atom is 0.264 e. The molecule has 7 heteroatoms. The normalized spacial score (nSPS) is 25.1. The van der Waals surface area contributed by atoms with Crippen molar-refractivity contribution >= 4 is 37.4 Å². The lowest BCUT2D eigenvalue weighted by Gasteiger charge is -2.35. The Labute approximate surface area is 145 Å². The molecule has 5 nitrogen and oxygen atoms in total. The lowest BCUT2D eigenvalue weighted by molar-refractivity contribution is 0.0594. The number of hydrogen-bond donors (Lipinski definition) is 0. The maximum atomic E-state index is 13.0. The van der Waals surface area contributed by atoms with Gasteiger partial charge < -0.3 is 4.90 Å². The minimum atomic E-state index is -3.21. The molecule has 3 aliphatic heterocycles. The Morgan fingerprint density at radius 1 is 1.17 bits per heavy atom. The van der Waals surface area contributed by atoms with Crippen molar-refractivity contribution in [3.8, 4) is 0 Å². The fraction of sp³-hybridized carbons (Fsp3) is 0.471. The molecule has 2 aromatic rings. The summed E-state index contributed by atoms with van der Waals surface area (Å²) in [5, 5.41) is 1.09. The van der Waals surface area contributed by atoms with E-state index in [1.807, 2.05) is 35.2 Å². The van der Waals surface area contributed by atoms with Crippen LogP contribution in [0.4, 0.5) is 0 Å². The van der Waals surface area contributed by atoms with E-state index in [2.05, 4.69) is 0 Å². The van der Waals surface area contributed by atoms with E-state index >= 15 is 0 Å². The summed E-state index contributed by atoms with van der Waals surface area (Å²) in [5.74, 6) is 0.276. The number of rotatable bonds is 2. The molecule has 1 aromatic heterocycles. The van der Waals surface area contributed by atoms with Gasteiger partial charge in [0, 0.05) is 30.4 Å². The first-order valence-electron chi connectivity index (χ1n) is 8.16. The Kier molecular flexibility index (Phi) is 3.89. The summed E-state index contributed by atoms with van der Waals surface area (Å²) >= 11 is 1.52. The number of sulfonamides is 1. The molecule has 24 heavy (non-hydrogen) atoms. The van der Waals surface area contributed by atoms with Gasteiger partial charge in [0.2, 0.25) is 10.0 Å². The molecule has 128 valence electrons. The largest absolute Gasteiger partial charge is 0.333 e. The molecule has 0 N–H and O–H groups in total. The standard InChI is InChI=1S/C17H20N2O3S2/c1-24(21,22)18-9-12-6-7-14(11-18)19(10-12)17(20)16-8-13-4-2-3-5-15(13)23-16/h2-5,8,12,14H,6-7,9-11H2,1H3/t12-,14+/m1/s1. The highest BCUT2D eigenvalue weighted by atomic mass is 32.2. The highest BCUT2D eigenvalue weighted by Gasteiger charge is 2.40. The number of carbonyl (C=O) groups excluding carboxylic acids is 1. The molecule has 0 unspecified atom stereocenters. The van der Waals surface area contributed by atoms with Crippen LogP contribution in [0, 0.1) is 5.92 Å². The van der Waals surface area contributed by atoms with Gasteiger partial charge in [-0.3, -0.25) is 4.79 Å². The van der Waals surface area contributed by atoms with E-state index in [1.54, 1.807) is 4.31 Å². The highest BCUT2D eigenvalue weighted by Crippen LogP contribution is 2.32. The quantitative estimate of drug-likeness (QED) is 0.822. The van der Waals surface area contributed by atoms with Crippen LogP contribution >= 0.6 is 11.3 Å². The van der Waals surface area contributed by atoms with Crippen LogP contribution in [0.25, 0.3) is 10.1 Å². The van der Waals surface area contributed by atoms with Crippen molar-refractivity contribution in [3.63, 3.8) is 0 Å². The van der Waals surface area contributed by atoms with Crippen LogP contribution in [0.2, 0.25) is 0 Å². The van der Waals surface area contributed by atoms with Crippen molar-refractivity contribution in [2.45, 2.75) is 18.9 Å². The Bertz CT molecular complexity index is 857. The smallest absolute Gasteiger partial charge is 0.264 e. The van der Waals surface area contributed by atoms with Gasteiger partial charge in [-0.2, -0.15) is 4.31 Å². The third kappa shape index (κ3) is 2.85. The van der Waals surface area contributed by atoms with E-state index in [1.165, 1.54) is 17.6 Å². The predicted octanol–water partition coefficient (Wildman–Crippen LogP) is 2.40. The molecule has 1 amide bonds. The van der Waals surface area contributed by atoms with Crippen LogP contribution in [0.5, 0.6) is 0 Å². The van der Waals surface area contributed by atoms with E-state index in [-0.39, 0.29) is 17.9 Å². The van der Waals surface area contributed by atoms with E-state index < -0.39 is 10.0 Å². The van der Waals surface area contributed by atoms with Gasteiger partial charge >= 0.3 is 0 Å². The SMILES string of the molecule is CS(=O)(=O)N1C[C@H]2CC[C@@H](C1)N(C(=O)c1cc3ccccc3s1)C2. The molecular weight excluding hydrogens is 344 g/mol. The molecule has 5 rings (SSSR count). The lowest BCUT2D eigenvalue weighted by Crippen LogP contribution is -2.47. The summed E-state index contributed by atoms with van der Waals surface area (Å²) in [5.41, 5.74) is 0. The summed E-state index contributed by atoms with van der Waals surface area (Å²) < 4.78 is 26.6. The molecule has 3 aliphatic rings. The topological polar surface area (TPSA) is 57.7 Å². The van der Waals surface area contributed by atoms with Crippen LogP contribution < -0.4 is 0 Å². The average Bonchev–Trinajstić information content (AvgIpc) is 2.74. The summed E-state index contributed by atoms with van der Waals surface area (Å²) in [6.45, 7) is 1.61.